The van der Waals surface area contributed by atoms with Gasteiger partial charge in [0.05, 0.1) is 5.76 Å². The Hall–Kier alpha value is -0.243. The fourth-order valence-electron chi connectivity index (χ4n) is 5.60. The third kappa shape index (κ3) is 2.32. The predicted octanol–water partition coefficient (Wildman–Crippen LogP) is 6.52. The van der Waals surface area contributed by atoms with Crippen LogP contribution in [-0.4, -0.2) is 8.32 Å². The molecule has 22 heavy (non-hydrogen) atoms. The number of rotatable bonds is 2. The monoisotopic (exact) mass is 320 g/mol. The summed E-state index contributed by atoms with van der Waals surface area (Å²) in [4.78, 5) is 0. The molecule has 126 valence electrons. The third-order valence-corrected chi connectivity index (χ3v) is 12.0. The molecule has 0 aromatic carbocycles. The van der Waals surface area contributed by atoms with Crippen LogP contribution in [0.15, 0.2) is 11.3 Å². The summed E-state index contributed by atoms with van der Waals surface area (Å²) in [5.74, 6) is 3.13. The molecule has 0 aliphatic heterocycles. The van der Waals surface area contributed by atoms with Crippen molar-refractivity contribution in [2.45, 2.75) is 91.8 Å². The summed E-state index contributed by atoms with van der Waals surface area (Å²) < 4.78 is 6.81. The van der Waals surface area contributed by atoms with Gasteiger partial charge in [-0.25, -0.2) is 0 Å². The van der Waals surface area contributed by atoms with Crippen LogP contribution in [0.25, 0.3) is 0 Å². The maximum absolute atomic E-state index is 6.81. The Morgan fingerprint density at radius 1 is 1.09 bits per heavy atom. The molecule has 0 saturated heterocycles. The fourth-order valence-corrected chi connectivity index (χ4v) is 6.75. The second-order valence-corrected chi connectivity index (χ2v) is 15.5. The second-order valence-electron chi connectivity index (χ2n) is 10.8. The van der Waals surface area contributed by atoms with Crippen LogP contribution in [0.5, 0.6) is 0 Å². The number of allylic oxidation sites excluding steroid dienone is 2. The highest BCUT2D eigenvalue weighted by atomic mass is 28.4. The first kappa shape index (κ1) is 16.6. The van der Waals surface area contributed by atoms with Crippen LogP contribution in [-0.2, 0) is 4.43 Å². The third-order valence-electron chi connectivity index (χ3n) is 7.58. The Kier molecular flexibility index (Phi) is 3.51. The molecule has 0 radical (unpaired) electrons. The zero-order valence-electron chi connectivity index (χ0n) is 16.1. The first-order valence-electron chi connectivity index (χ1n) is 9.28. The van der Waals surface area contributed by atoms with E-state index in [9.17, 15) is 0 Å². The van der Waals surface area contributed by atoms with Gasteiger partial charge in [0.1, 0.15) is 0 Å². The summed E-state index contributed by atoms with van der Waals surface area (Å²) in [6, 6.07) is 0. The molecule has 3 atom stereocenters. The lowest BCUT2D eigenvalue weighted by atomic mass is 9.70. The summed E-state index contributed by atoms with van der Waals surface area (Å²) >= 11 is 0. The van der Waals surface area contributed by atoms with Gasteiger partial charge in [0.15, 0.2) is 0 Å². The van der Waals surface area contributed by atoms with Gasteiger partial charge in [-0.2, -0.15) is 0 Å². The molecule has 3 rings (SSSR count). The van der Waals surface area contributed by atoms with E-state index in [0.717, 1.165) is 11.8 Å². The molecule has 0 aromatic heterocycles. The molecule has 1 nitrogen and oxygen atoms in total. The van der Waals surface area contributed by atoms with E-state index < -0.39 is 8.32 Å². The van der Waals surface area contributed by atoms with Gasteiger partial charge < -0.3 is 4.43 Å². The minimum Gasteiger partial charge on any atom is -0.547 e. The smallest absolute Gasteiger partial charge is 0.250 e. The molecular weight excluding hydrogens is 284 g/mol. The highest BCUT2D eigenvalue weighted by molar-refractivity contribution is 6.74. The molecule has 0 bridgehead atoms. The number of hydrogen-bond acceptors (Lipinski definition) is 1. The highest BCUT2D eigenvalue weighted by Gasteiger charge is 2.60. The van der Waals surface area contributed by atoms with Crippen molar-refractivity contribution in [2.75, 3.05) is 0 Å². The summed E-state index contributed by atoms with van der Waals surface area (Å²) in [6.45, 7) is 19.5. The fraction of sp³-hybridized carbons (Fsp3) is 0.900. The van der Waals surface area contributed by atoms with Crippen molar-refractivity contribution < 1.29 is 4.43 Å². The zero-order valence-corrected chi connectivity index (χ0v) is 17.1. The van der Waals surface area contributed by atoms with E-state index in [4.69, 9.17) is 4.43 Å². The Balaban J connectivity index is 1.94. The van der Waals surface area contributed by atoms with E-state index in [1.165, 1.54) is 37.9 Å². The molecule has 0 unspecified atom stereocenters. The summed E-state index contributed by atoms with van der Waals surface area (Å²) in [5.41, 5.74) is 2.80. The zero-order chi connectivity index (χ0) is 16.6. The van der Waals surface area contributed by atoms with E-state index in [0.29, 0.717) is 15.9 Å². The van der Waals surface area contributed by atoms with Crippen molar-refractivity contribution >= 4 is 8.32 Å². The van der Waals surface area contributed by atoms with Gasteiger partial charge in [0.2, 0.25) is 8.32 Å². The lowest BCUT2D eigenvalue weighted by Gasteiger charge is -2.42. The SMILES string of the molecule is CC1(C)C[C@]2(C)CCC3=C(O[Si](C)(C)C(C)(C)C)CC[C@@H]1[C@@H]32. The lowest BCUT2D eigenvalue weighted by Crippen LogP contribution is -2.41. The molecule has 0 amide bonds. The van der Waals surface area contributed by atoms with Crippen LogP contribution in [0, 0.1) is 22.7 Å². The average Bonchev–Trinajstić information content (AvgIpc) is 2.74. The Morgan fingerprint density at radius 3 is 2.32 bits per heavy atom. The van der Waals surface area contributed by atoms with E-state index >= 15 is 0 Å². The van der Waals surface area contributed by atoms with Gasteiger partial charge in [-0.3, -0.25) is 0 Å². The van der Waals surface area contributed by atoms with E-state index in [1.807, 2.05) is 0 Å². The van der Waals surface area contributed by atoms with Gasteiger partial charge in [0.25, 0.3) is 0 Å². The summed E-state index contributed by atoms with van der Waals surface area (Å²) in [5, 5.41) is 0.300. The van der Waals surface area contributed by atoms with Gasteiger partial charge in [-0.15, -0.1) is 0 Å². The molecule has 3 aliphatic rings. The first-order chi connectivity index (χ1) is 9.87. The highest BCUT2D eigenvalue weighted by Crippen LogP contribution is 2.68. The maximum Gasteiger partial charge on any atom is 0.250 e. The molecule has 2 heteroatoms. The molecule has 2 saturated carbocycles. The molecular formula is C20H36OSi. The van der Waals surface area contributed by atoms with Crippen LogP contribution in [0.2, 0.25) is 18.1 Å². The first-order valence-corrected chi connectivity index (χ1v) is 12.2. The number of hydrogen-bond donors (Lipinski definition) is 0. The van der Waals surface area contributed by atoms with E-state index in [2.05, 4.69) is 54.6 Å². The van der Waals surface area contributed by atoms with E-state index in [1.54, 1.807) is 5.57 Å². The second kappa shape index (κ2) is 4.65. The van der Waals surface area contributed by atoms with Crippen molar-refractivity contribution in [1.82, 2.24) is 0 Å². The van der Waals surface area contributed by atoms with Gasteiger partial charge in [-0.1, -0.05) is 41.5 Å². The minimum atomic E-state index is -1.69. The van der Waals surface area contributed by atoms with Gasteiger partial charge in [0, 0.05) is 6.42 Å². The van der Waals surface area contributed by atoms with E-state index in [-0.39, 0.29) is 0 Å². The molecule has 0 N–H and O–H groups in total. The van der Waals surface area contributed by atoms with Crippen LogP contribution >= 0.6 is 0 Å². The van der Waals surface area contributed by atoms with Gasteiger partial charge >= 0.3 is 0 Å². The quantitative estimate of drug-likeness (QED) is 0.526. The average molecular weight is 321 g/mol. The van der Waals surface area contributed by atoms with Crippen LogP contribution in [0.4, 0.5) is 0 Å². The van der Waals surface area contributed by atoms with Crippen LogP contribution in [0.1, 0.15) is 73.6 Å². The normalized spacial score (nSPS) is 37.5. The Labute approximate surface area is 139 Å². The van der Waals surface area contributed by atoms with Crippen molar-refractivity contribution in [2.24, 2.45) is 22.7 Å². The molecule has 0 spiro atoms. The standard InChI is InChI=1S/C20H36OSi/c1-18(2,3)22(7,8)21-16-10-9-15-17-14(16)11-12-20(17,6)13-19(15,4)5/h15,17H,9-13H2,1-8H3/t15-,17-,20+/m1/s1. The molecule has 0 aromatic rings. The van der Waals surface area contributed by atoms with Crippen molar-refractivity contribution in [3.8, 4) is 0 Å². The van der Waals surface area contributed by atoms with Crippen molar-refractivity contribution in [1.29, 1.82) is 0 Å². The van der Waals surface area contributed by atoms with Crippen molar-refractivity contribution in [3.05, 3.63) is 11.3 Å². The lowest BCUT2D eigenvalue weighted by molar-refractivity contribution is 0.186. The molecule has 3 aliphatic carbocycles. The topological polar surface area (TPSA) is 9.23 Å². The maximum atomic E-state index is 6.81. The largest absolute Gasteiger partial charge is 0.547 e. The predicted molar refractivity (Wildman–Crippen MR) is 97.3 cm³/mol. The van der Waals surface area contributed by atoms with Crippen molar-refractivity contribution in [3.63, 3.8) is 0 Å². The van der Waals surface area contributed by atoms with Gasteiger partial charge in [-0.05, 0) is 72.1 Å². The van der Waals surface area contributed by atoms with Crippen LogP contribution < -0.4 is 0 Å². The summed E-state index contributed by atoms with van der Waals surface area (Å²) in [6.07, 6.45) is 6.64. The minimum absolute atomic E-state index is 0.300. The van der Waals surface area contributed by atoms with Crippen LogP contribution in [0.3, 0.4) is 0 Å². The Bertz CT molecular complexity index is 508. The molecule has 0 heterocycles. The summed E-state index contributed by atoms with van der Waals surface area (Å²) in [7, 11) is -1.69. The Morgan fingerprint density at radius 2 is 1.73 bits per heavy atom. The molecule has 2 fully saturated rings.